The third-order valence-corrected chi connectivity index (χ3v) is 3.95. The van der Waals surface area contributed by atoms with Crippen molar-refractivity contribution in [3.05, 3.63) is 32.7 Å². The van der Waals surface area contributed by atoms with Crippen LogP contribution in [0.1, 0.15) is 11.6 Å². The number of hydrogen-bond acceptors (Lipinski definition) is 1. The maximum absolute atomic E-state index is 13.0. The Morgan fingerprint density at radius 2 is 1.53 bits per heavy atom. The second-order valence-electron chi connectivity index (χ2n) is 3.27. The Kier molecular flexibility index (Phi) is 4.20. The molecule has 1 aromatic rings. The molecule has 0 spiro atoms. The number of benzene rings is 1. The normalized spacial score (nSPS) is 14.8. The molecule has 0 heterocycles. The summed E-state index contributed by atoms with van der Waals surface area (Å²) in [5.74, 6) is -4.97. The quantitative estimate of drug-likeness (QED) is 0.753. The maximum Gasteiger partial charge on any atom is 0.455 e. The molecule has 1 aromatic carbocycles. The molecule has 0 fully saturated rings. The molecule has 0 bridgehead atoms. The lowest BCUT2D eigenvalue weighted by Crippen LogP contribution is -2.45. The Balaban J connectivity index is 3.12. The van der Waals surface area contributed by atoms with Crippen LogP contribution in [0.2, 0.25) is 0 Å². The first-order valence-electron chi connectivity index (χ1n) is 4.22. The van der Waals surface area contributed by atoms with Crippen LogP contribution in [0.3, 0.4) is 0 Å². The number of nitrogens with two attached hydrogens (primary N) is 1. The van der Waals surface area contributed by atoms with Crippen molar-refractivity contribution in [2.24, 2.45) is 5.73 Å². The molecule has 17 heavy (non-hydrogen) atoms. The van der Waals surface area contributed by atoms with Gasteiger partial charge in [0.05, 0.1) is 0 Å². The molecular formula is C9H6Br2F5N. The molecule has 1 nitrogen and oxygen atoms in total. The molecule has 0 amide bonds. The molecule has 0 aromatic heterocycles. The zero-order valence-electron chi connectivity index (χ0n) is 8.03. The predicted molar refractivity (Wildman–Crippen MR) is 59.8 cm³/mol. The second-order valence-corrected chi connectivity index (χ2v) is 4.98. The summed E-state index contributed by atoms with van der Waals surface area (Å²) in [5, 5.41) is 0. The molecule has 0 aliphatic heterocycles. The lowest BCUT2D eigenvalue weighted by Gasteiger charge is -2.26. The topological polar surface area (TPSA) is 26.0 Å². The van der Waals surface area contributed by atoms with E-state index in [2.05, 4.69) is 31.9 Å². The highest BCUT2D eigenvalue weighted by Gasteiger charge is 2.61. The highest BCUT2D eigenvalue weighted by atomic mass is 79.9. The molecule has 0 radical (unpaired) electrons. The summed E-state index contributed by atoms with van der Waals surface area (Å²) in [7, 11) is 0. The minimum Gasteiger partial charge on any atom is -0.319 e. The van der Waals surface area contributed by atoms with Crippen LogP contribution in [-0.4, -0.2) is 12.1 Å². The van der Waals surface area contributed by atoms with Crippen LogP contribution >= 0.6 is 31.9 Å². The van der Waals surface area contributed by atoms with Crippen LogP contribution in [0, 0.1) is 0 Å². The Hall–Kier alpha value is -0.210. The predicted octanol–water partition coefficient (Wildman–Crippen LogP) is 4.41. The molecule has 1 atom stereocenters. The van der Waals surface area contributed by atoms with E-state index in [-0.39, 0.29) is 5.56 Å². The van der Waals surface area contributed by atoms with Gasteiger partial charge in [-0.2, -0.15) is 22.0 Å². The average Bonchev–Trinajstić information content (AvgIpc) is 2.19. The number of rotatable bonds is 2. The van der Waals surface area contributed by atoms with Gasteiger partial charge in [-0.3, -0.25) is 0 Å². The van der Waals surface area contributed by atoms with Gasteiger partial charge < -0.3 is 5.73 Å². The largest absolute Gasteiger partial charge is 0.455 e. The zero-order chi connectivity index (χ0) is 13.4. The van der Waals surface area contributed by atoms with E-state index in [1.807, 2.05) is 0 Å². The monoisotopic (exact) mass is 381 g/mol. The van der Waals surface area contributed by atoms with Gasteiger partial charge in [-0.15, -0.1) is 0 Å². The summed E-state index contributed by atoms with van der Waals surface area (Å²) >= 11 is 6.07. The van der Waals surface area contributed by atoms with Crippen molar-refractivity contribution in [1.82, 2.24) is 0 Å². The van der Waals surface area contributed by atoms with Gasteiger partial charge in [0.15, 0.2) is 0 Å². The first kappa shape index (κ1) is 14.8. The summed E-state index contributed by atoms with van der Waals surface area (Å²) in [5.41, 5.74) is 4.67. The minimum atomic E-state index is -5.67. The summed E-state index contributed by atoms with van der Waals surface area (Å²) in [6.45, 7) is 0. The van der Waals surface area contributed by atoms with Crippen LogP contribution in [-0.2, 0) is 0 Å². The van der Waals surface area contributed by atoms with Crippen molar-refractivity contribution >= 4 is 31.9 Å². The smallest absolute Gasteiger partial charge is 0.319 e. The summed E-state index contributed by atoms with van der Waals surface area (Å²) in [6, 6.07) is 1.13. The van der Waals surface area contributed by atoms with E-state index < -0.39 is 18.1 Å². The number of hydrogen-bond donors (Lipinski definition) is 1. The molecule has 0 aliphatic carbocycles. The molecule has 96 valence electrons. The van der Waals surface area contributed by atoms with Crippen molar-refractivity contribution in [3.63, 3.8) is 0 Å². The van der Waals surface area contributed by atoms with Gasteiger partial charge in [0.1, 0.15) is 6.04 Å². The lowest BCUT2D eigenvalue weighted by atomic mass is 10.0. The van der Waals surface area contributed by atoms with E-state index in [0.29, 0.717) is 8.95 Å². The Labute approximate surface area is 110 Å². The fourth-order valence-electron chi connectivity index (χ4n) is 1.09. The van der Waals surface area contributed by atoms with E-state index >= 15 is 0 Å². The van der Waals surface area contributed by atoms with Gasteiger partial charge >= 0.3 is 12.1 Å². The van der Waals surface area contributed by atoms with Crippen LogP contribution in [0.25, 0.3) is 0 Å². The molecule has 0 saturated heterocycles. The van der Waals surface area contributed by atoms with Crippen molar-refractivity contribution in [2.75, 3.05) is 0 Å². The van der Waals surface area contributed by atoms with E-state index in [9.17, 15) is 22.0 Å². The van der Waals surface area contributed by atoms with Crippen LogP contribution < -0.4 is 5.73 Å². The Bertz CT molecular complexity index is 418. The van der Waals surface area contributed by atoms with Crippen LogP contribution in [0.4, 0.5) is 22.0 Å². The molecule has 0 saturated carbocycles. The van der Waals surface area contributed by atoms with Gasteiger partial charge in [0.25, 0.3) is 0 Å². The van der Waals surface area contributed by atoms with E-state index in [1.54, 1.807) is 0 Å². The number of alkyl halides is 5. The SMILES string of the molecule is N[C@H](c1ccc(Br)c(Br)c1)C(F)(F)C(F)(F)F. The first-order chi connectivity index (χ1) is 7.57. The first-order valence-corrected chi connectivity index (χ1v) is 5.81. The number of halogens is 7. The van der Waals surface area contributed by atoms with Gasteiger partial charge in [-0.05, 0) is 49.6 Å². The molecule has 0 aliphatic rings. The molecular weight excluding hydrogens is 377 g/mol. The fraction of sp³-hybridized carbons (Fsp3) is 0.333. The summed E-state index contributed by atoms with van der Waals surface area (Å²) < 4.78 is 63.1. The Morgan fingerprint density at radius 1 is 1.00 bits per heavy atom. The van der Waals surface area contributed by atoms with Gasteiger partial charge in [-0.1, -0.05) is 6.07 Å². The maximum atomic E-state index is 13.0. The molecule has 1 rings (SSSR count). The van der Waals surface area contributed by atoms with E-state index in [0.717, 1.165) is 12.1 Å². The van der Waals surface area contributed by atoms with Gasteiger partial charge in [0, 0.05) is 8.95 Å². The van der Waals surface area contributed by atoms with Crippen LogP contribution in [0.5, 0.6) is 0 Å². The third kappa shape index (κ3) is 2.97. The molecule has 8 heteroatoms. The van der Waals surface area contributed by atoms with Gasteiger partial charge in [0.2, 0.25) is 0 Å². The van der Waals surface area contributed by atoms with Crippen molar-refractivity contribution in [2.45, 2.75) is 18.1 Å². The Morgan fingerprint density at radius 3 is 1.94 bits per heavy atom. The minimum absolute atomic E-state index is 0.303. The van der Waals surface area contributed by atoms with Crippen molar-refractivity contribution in [3.8, 4) is 0 Å². The highest BCUT2D eigenvalue weighted by molar-refractivity contribution is 9.13. The van der Waals surface area contributed by atoms with Crippen molar-refractivity contribution in [1.29, 1.82) is 0 Å². The summed E-state index contributed by atoms with van der Waals surface area (Å²) in [6.07, 6.45) is -5.67. The highest BCUT2D eigenvalue weighted by Crippen LogP contribution is 2.43. The fourth-order valence-corrected chi connectivity index (χ4v) is 1.73. The average molecular weight is 383 g/mol. The standard InChI is InChI=1S/C9H6Br2F5N/c10-5-2-1-4(3-6(5)11)7(17)8(12,13)9(14,15)16/h1-3,7H,17H2/t7-/m1/s1. The van der Waals surface area contributed by atoms with Crippen molar-refractivity contribution < 1.29 is 22.0 Å². The molecule has 2 N–H and O–H groups in total. The lowest BCUT2D eigenvalue weighted by molar-refractivity contribution is -0.291. The van der Waals surface area contributed by atoms with Crippen LogP contribution in [0.15, 0.2) is 27.1 Å². The third-order valence-electron chi connectivity index (χ3n) is 2.07. The summed E-state index contributed by atoms with van der Waals surface area (Å²) in [4.78, 5) is 0. The van der Waals surface area contributed by atoms with E-state index in [4.69, 9.17) is 5.73 Å². The zero-order valence-corrected chi connectivity index (χ0v) is 11.2. The van der Waals surface area contributed by atoms with E-state index in [1.165, 1.54) is 6.07 Å². The molecule has 0 unspecified atom stereocenters. The second kappa shape index (κ2) is 4.81. The van der Waals surface area contributed by atoms with Gasteiger partial charge in [-0.25, -0.2) is 0 Å².